The fourth-order valence-corrected chi connectivity index (χ4v) is 5.72. The lowest BCUT2D eigenvalue weighted by atomic mass is 10.2. The van der Waals surface area contributed by atoms with Gasteiger partial charge in [-0.1, -0.05) is 0 Å². The predicted molar refractivity (Wildman–Crippen MR) is 79.2 cm³/mol. The number of nitrogens with zero attached hydrogens (tertiary/aromatic N) is 2. The summed E-state index contributed by atoms with van der Waals surface area (Å²) in [6.07, 6.45) is 2.99. The Balaban J connectivity index is 1.84. The highest BCUT2D eigenvalue weighted by molar-refractivity contribution is 7.89. The van der Waals surface area contributed by atoms with Crippen molar-refractivity contribution >= 4 is 27.3 Å². The van der Waals surface area contributed by atoms with Crippen molar-refractivity contribution in [2.24, 2.45) is 0 Å². The molecule has 3 rings (SSSR count). The van der Waals surface area contributed by atoms with E-state index in [2.05, 4.69) is 4.90 Å². The van der Waals surface area contributed by atoms with Crippen molar-refractivity contribution in [1.29, 1.82) is 0 Å². The molecule has 0 radical (unpaired) electrons. The number of fused-ring (bicyclic) bond motifs is 1. The van der Waals surface area contributed by atoms with E-state index in [9.17, 15) is 13.2 Å². The Bertz CT molecular complexity index is 640. The maximum atomic E-state index is 12.7. The molecule has 2 fully saturated rings. The zero-order valence-electron chi connectivity index (χ0n) is 11.6. The lowest BCUT2D eigenvalue weighted by Crippen LogP contribution is -2.39. The van der Waals surface area contributed by atoms with Gasteiger partial charge in [0.05, 0.1) is 4.90 Å². The molecule has 1 atom stereocenters. The topological polar surface area (TPSA) is 77.9 Å². The number of aromatic carboxylic acids is 1. The minimum Gasteiger partial charge on any atom is -0.477 e. The number of thiophene rings is 1. The summed E-state index contributed by atoms with van der Waals surface area (Å²) in [5.41, 5.74) is 0. The van der Waals surface area contributed by atoms with Crippen LogP contribution in [0.3, 0.4) is 0 Å². The fourth-order valence-electron chi connectivity index (χ4n) is 3.11. The van der Waals surface area contributed by atoms with Gasteiger partial charge in [0.25, 0.3) is 0 Å². The largest absolute Gasteiger partial charge is 0.477 e. The maximum absolute atomic E-state index is 12.7. The summed E-state index contributed by atoms with van der Waals surface area (Å²) in [6.45, 7) is 3.02. The lowest BCUT2D eigenvalue weighted by Gasteiger charge is -2.24. The number of carbonyl (C=O) groups is 1. The molecule has 3 heterocycles. The third-order valence-electron chi connectivity index (χ3n) is 4.19. The van der Waals surface area contributed by atoms with E-state index >= 15 is 0 Å². The van der Waals surface area contributed by atoms with Crippen LogP contribution in [0.1, 0.15) is 28.9 Å². The van der Waals surface area contributed by atoms with Crippen molar-refractivity contribution in [1.82, 2.24) is 9.21 Å². The summed E-state index contributed by atoms with van der Waals surface area (Å²) in [5.74, 6) is -1.08. The lowest BCUT2D eigenvalue weighted by molar-refractivity contribution is 0.0702. The third kappa shape index (κ3) is 2.85. The van der Waals surface area contributed by atoms with Gasteiger partial charge in [-0.15, -0.1) is 11.3 Å². The Morgan fingerprint density at radius 2 is 2.05 bits per heavy atom. The summed E-state index contributed by atoms with van der Waals surface area (Å²) in [6, 6.07) is 1.57. The summed E-state index contributed by atoms with van der Waals surface area (Å²) in [4.78, 5) is 13.5. The van der Waals surface area contributed by atoms with Crippen LogP contribution in [0.25, 0.3) is 0 Å². The molecule has 0 bridgehead atoms. The molecule has 0 aliphatic carbocycles. The van der Waals surface area contributed by atoms with Crippen LogP contribution in [-0.2, 0) is 10.0 Å². The van der Waals surface area contributed by atoms with Crippen molar-refractivity contribution < 1.29 is 18.3 Å². The molecule has 8 heteroatoms. The molecule has 116 valence electrons. The highest BCUT2D eigenvalue weighted by atomic mass is 32.2. The Hall–Kier alpha value is -0.960. The Morgan fingerprint density at radius 3 is 2.76 bits per heavy atom. The molecule has 2 aliphatic heterocycles. The predicted octanol–water partition coefficient (Wildman–Crippen LogP) is 1.31. The summed E-state index contributed by atoms with van der Waals surface area (Å²) in [5, 5.41) is 10.4. The van der Waals surface area contributed by atoms with Gasteiger partial charge in [0, 0.05) is 24.5 Å². The second-order valence-corrected chi connectivity index (χ2v) is 8.35. The summed E-state index contributed by atoms with van der Waals surface area (Å²) in [7, 11) is -3.58. The monoisotopic (exact) mass is 330 g/mol. The zero-order valence-corrected chi connectivity index (χ0v) is 13.2. The Labute approximate surface area is 128 Å². The first-order chi connectivity index (χ1) is 9.98. The van der Waals surface area contributed by atoms with Gasteiger partial charge in [-0.2, -0.15) is 4.31 Å². The third-order valence-corrected chi connectivity index (χ3v) is 7.10. The number of rotatable bonds is 3. The van der Waals surface area contributed by atoms with E-state index in [1.807, 2.05) is 0 Å². The smallest absolute Gasteiger partial charge is 0.345 e. The van der Waals surface area contributed by atoms with Gasteiger partial charge in [-0.3, -0.25) is 4.90 Å². The van der Waals surface area contributed by atoms with Gasteiger partial charge in [-0.25, -0.2) is 13.2 Å². The highest BCUT2D eigenvalue weighted by Crippen LogP contribution is 2.27. The summed E-state index contributed by atoms with van der Waals surface area (Å²) < 4.78 is 26.9. The van der Waals surface area contributed by atoms with Crippen molar-refractivity contribution in [2.75, 3.05) is 26.2 Å². The molecule has 21 heavy (non-hydrogen) atoms. The van der Waals surface area contributed by atoms with Crippen LogP contribution in [0.2, 0.25) is 0 Å². The molecule has 0 amide bonds. The summed E-state index contributed by atoms with van der Waals surface area (Å²) >= 11 is 0.957. The first-order valence-electron chi connectivity index (χ1n) is 7.04. The second kappa shape index (κ2) is 5.68. The molecule has 0 aromatic carbocycles. The molecule has 0 saturated carbocycles. The van der Waals surface area contributed by atoms with Crippen molar-refractivity contribution in [2.45, 2.75) is 30.2 Å². The molecule has 2 aliphatic rings. The van der Waals surface area contributed by atoms with Crippen LogP contribution in [0.4, 0.5) is 0 Å². The van der Waals surface area contributed by atoms with Crippen LogP contribution in [0, 0.1) is 0 Å². The molecule has 1 aromatic heterocycles. The zero-order chi connectivity index (χ0) is 15.0. The van der Waals surface area contributed by atoms with Gasteiger partial charge in [0.2, 0.25) is 10.0 Å². The quantitative estimate of drug-likeness (QED) is 0.904. The highest BCUT2D eigenvalue weighted by Gasteiger charge is 2.34. The van der Waals surface area contributed by atoms with Crippen LogP contribution in [0.5, 0.6) is 0 Å². The van der Waals surface area contributed by atoms with E-state index in [1.54, 1.807) is 0 Å². The van der Waals surface area contributed by atoms with Gasteiger partial charge in [-0.05, 0) is 38.4 Å². The first kappa shape index (κ1) is 15.0. The average molecular weight is 330 g/mol. The normalized spacial score (nSPS) is 24.7. The first-order valence-corrected chi connectivity index (χ1v) is 9.36. The van der Waals surface area contributed by atoms with E-state index in [1.165, 1.54) is 15.8 Å². The molecule has 0 spiro atoms. The average Bonchev–Trinajstić information content (AvgIpc) is 3.04. The van der Waals surface area contributed by atoms with Crippen LogP contribution >= 0.6 is 11.3 Å². The molecule has 2 saturated heterocycles. The van der Waals surface area contributed by atoms with Crippen molar-refractivity contribution in [3.63, 3.8) is 0 Å². The molecule has 1 aromatic rings. The van der Waals surface area contributed by atoms with Crippen LogP contribution in [0.15, 0.2) is 16.3 Å². The molecular formula is C13H18N2O4S2. The molecule has 1 unspecified atom stereocenters. The fraction of sp³-hybridized carbons (Fsp3) is 0.615. The number of hydrogen-bond donors (Lipinski definition) is 1. The SMILES string of the molecule is O=C(O)c1cc(S(=O)(=O)N2CCCN3CCCC3C2)cs1. The van der Waals surface area contributed by atoms with Gasteiger partial charge in [0.15, 0.2) is 0 Å². The second-order valence-electron chi connectivity index (χ2n) is 5.50. The minimum atomic E-state index is -3.58. The number of carboxylic acid groups (broad SMARTS) is 1. The van der Waals surface area contributed by atoms with E-state index in [0.29, 0.717) is 19.1 Å². The maximum Gasteiger partial charge on any atom is 0.345 e. The van der Waals surface area contributed by atoms with E-state index in [-0.39, 0.29) is 9.77 Å². The molecular weight excluding hydrogens is 312 g/mol. The van der Waals surface area contributed by atoms with Crippen molar-refractivity contribution in [3.8, 4) is 0 Å². The number of sulfonamides is 1. The minimum absolute atomic E-state index is 0.0610. The van der Waals surface area contributed by atoms with E-state index in [0.717, 1.165) is 43.7 Å². The van der Waals surface area contributed by atoms with E-state index in [4.69, 9.17) is 5.11 Å². The number of carboxylic acids is 1. The van der Waals surface area contributed by atoms with Crippen LogP contribution in [-0.4, -0.2) is 60.9 Å². The Kier molecular flexibility index (Phi) is 4.04. The standard InChI is InChI=1S/C13H18N2O4S2/c16-13(17)12-7-11(9-20-12)21(18,19)15-6-2-5-14-4-1-3-10(14)8-15/h7,9-10H,1-6,8H2,(H,16,17). The van der Waals surface area contributed by atoms with Crippen molar-refractivity contribution in [3.05, 3.63) is 16.3 Å². The van der Waals surface area contributed by atoms with E-state index < -0.39 is 16.0 Å². The molecule has 1 N–H and O–H groups in total. The van der Waals surface area contributed by atoms with Gasteiger partial charge >= 0.3 is 5.97 Å². The van der Waals surface area contributed by atoms with Gasteiger partial charge < -0.3 is 5.11 Å². The van der Waals surface area contributed by atoms with Crippen LogP contribution < -0.4 is 0 Å². The Morgan fingerprint density at radius 1 is 1.29 bits per heavy atom. The van der Waals surface area contributed by atoms with Gasteiger partial charge in [0.1, 0.15) is 4.88 Å². The molecule has 6 nitrogen and oxygen atoms in total. The number of hydrogen-bond acceptors (Lipinski definition) is 5.